The lowest BCUT2D eigenvalue weighted by Gasteiger charge is -2.18. The molecule has 0 radical (unpaired) electrons. The highest BCUT2D eigenvalue weighted by Gasteiger charge is 2.14. The van der Waals surface area contributed by atoms with Crippen molar-refractivity contribution in [3.05, 3.63) is 108 Å². The van der Waals surface area contributed by atoms with Crippen LogP contribution < -0.4 is 10.6 Å². The molecule has 4 aromatic rings. The average molecular weight is 384 g/mol. The van der Waals surface area contributed by atoms with Crippen LogP contribution >= 0.6 is 0 Å². The van der Waals surface area contributed by atoms with E-state index in [4.69, 9.17) is 0 Å². The Balaban J connectivity index is 1.32. The van der Waals surface area contributed by atoms with Crippen molar-refractivity contribution in [2.24, 2.45) is 0 Å². The zero-order valence-corrected chi connectivity index (χ0v) is 16.2. The third kappa shape index (κ3) is 4.82. The first-order chi connectivity index (χ1) is 14.3. The summed E-state index contributed by atoms with van der Waals surface area (Å²) in [6.07, 6.45) is 4.70. The number of pyridine rings is 1. The molecule has 0 bridgehead atoms. The summed E-state index contributed by atoms with van der Waals surface area (Å²) in [5.74, 6) is 0.246. The van der Waals surface area contributed by atoms with Crippen LogP contribution in [-0.4, -0.2) is 22.0 Å². The SMILES string of the molecule is O=C(NCCC(c1ccccc1)c1ccccc1)NCc1cn2ccccc2n1. The van der Waals surface area contributed by atoms with E-state index in [1.165, 1.54) is 11.1 Å². The van der Waals surface area contributed by atoms with Crippen molar-refractivity contribution in [1.82, 2.24) is 20.0 Å². The monoisotopic (exact) mass is 384 g/mol. The maximum atomic E-state index is 12.2. The molecule has 5 heteroatoms. The lowest BCUT2D eigenvalue weighted by molar-refractivity contribution is 0.240. The van der Waals surface area contributed by atoms with Gasteiger partial charge in [-0.25, -0.2) is 9.78 Å². The van der Waals surface area contributed by atoms with Crippen LogP contribution in [0.1, 0.15) is 29.2 Å². The average Bonchev–Trinajstić information content (AvgIpc) is 3.20. The number of urea groups is 1. The summed E-state index contributed by atoms with van der Waals surface area (Å²) in [6, 6.07) is 26.5. The lowest BCUT2D eigenvalue weighted by atomic mass is 9.88. The minimum absolute atomic E-state index is 0.179. The fourth-order valence-electron chi connectivity index (χ4n) is 3.53. The van der Waals surface area contributed by atoms with Gasteiger partial charge in [0.25, 0.3) is 0 Å². The van der Waals surface area contributed by atoms with Gasteiger partial charge in [0.2, 0.25) is 0 Å². The smallest absolute Gasteiger partial charge is 0.315 e. The highest BCUT2D eigenvalue weighted by Crippen LogP contribution is 2.27. The van der Waals surface area contributed by atoms with E-state index >= 15 is 0 Å². The molecule has 0 aliphatic heterocycles. The number of nitrogens with zero attached hydrogens (tertiary/aromatic N) is 2. The second-order valence-corrected chi connectivity index (χ2v) is 6.97. The number of carbonyl (C=O) groups excluding carboxylic acids is 1. The zero-order valence-electron chi connectivity index (χ0n) is 16.2. The Labute approximate surface area is 170 Å². The molecule has 2 heterocycles. The van der Waals surface area contributed by atoms with Gasteiger partial charge >= 0.3 is 6.03 Å². The Kier molecular flexibility index (Phi) is 5.86. The molecule has 0 spiro atoms. The van der Waals surface area contributed by atoms with E-state index in [0.717, 1.165) is 17.8 Å². The third-order valence-corrected chi connectivity index (χ3v) is 4.97. The highest BCUT2D eigenvalue weighted by atomic mass is 16.2. The summed E-state index contributed by atoms with van der Waals surface area (Å²) in [6.45, 7) is 0.986. The molecule has 2 aromatic heterocycles. The molecule has 0 fully saturated rings. The maximum absolute atomic E-state index is 12.2. The largest absolute Gasteiger partial charge is 0.338 e. The standard InChI is InChI=1S/C24H24N4O/c29-24(26-17-21-18-28-16-8-7-13-23(28)27-21)25-15-14-22(19-9-3-1-4-10-19)20-11-5-2-6-12-20/h1-13,16,18,22H,14-15,17H2,(H2,25,26,29). The Morgan fingerprint density at radius 1 is 0.862 bits per heavy atom. The van der Waals surface area contributed by atoms with Gasteiger partial charge in [0.1, 0.15) is 5.65 Å². The minimum Gasteiger partial charge on any atom is -0.338 e. The van der Waals surface area contributed by atoms with Gasteiger partial charge in [0.15, 0.2) is 0 Å². The van der Waals surface area contributed by atoms with Crippen LogP contribution in [0.25, 0.3) is 5.65 Å². The van der Waals surface area contributed by atoms with Crippen molar-refractivity contribution in [3.8, 4) is 0 Å². The van der Waals surface area contributed by atoms with Crippen molar-refractivity contribution in [1.29, 1.82) is 0 Å². The number of nitrogens with one attached hydrogen (secondary N) is 2. The van der Waals surface area contributed by atoms with E-state index in [9.17, 15) is 4.79 Å². The summed E-state index contributed by atoms with van der Waals surface area (Å²) in [5, 5.41) is 5.86. The first-order valence-electron chi connectivity index (χ1n) is 9.84. The van der Waals surface area contributed by atoms with Gasteiger partial charge in [-0.3, -0.25) is 0 Å². The molecule has 0 saturated heterocycles. The zero-order chi connectivity index (χ0) is 19.9. The molecule has 0 unspecified atom stereocenters. The Morgan fingerprint density at radius 3 is 2.17 bits per heavy atom. The normalized spacial score (nSPS) is 10.9. The second kappa shape index (κ2) is 9.06. The van der Waals surface area contributed by atoms with Gasteiger partial charge < -0.3 is 15.0 Å². The van der Waals surface area contributed by atoms with E-state index in [1.54, 1.807) is 0 Å². The van der Waals surface area contributed by atoms with Gasteiger partial charge in [-0.2, -0.15) is 0 Å². The van der Waals surface area contributed by atoms with E-state index in [0.29, 0.717) is 13.1 Å². The van der Waals surface area contributed by atoms with E-state index in [1.807, 2.05) is 47.1 Å². The van der Waals surface area contributed by atoms with Crippen molar-refractivity contribution >= 4 is 11.7 Å². The number of fused-ring (bicyclic) bond motifs is 1. The molecule has 146 valence electrons. The molecule has 5 nitrogen and oxygen atoms in total. The summed E-state index contributed by atoms with van der Waals surface area (Å²) in [4.78, 5) is 16.7. The van der Waals surface area contributed by atoms with Crippen LogP contribution in [0.4, 0.5) is 4.79 Å². The summed E-state index contributed by atoms with van der Waals surface area (Å²) in [7, 11) is 0. The number of carbonyl (C=O) groups is 1. The van der Waals surface area contributed by atoms with Crippen LogP contribution in [0.2, 0.25) is 0 Å². The predicted octanol–water partition coefficient (Wildman–Crippen LogP) is 4.36. The topological polar surface area (TPSA) is 58.4 Å². The van der Waals surface area contributed by atoms with Crippen LogP contribution in [-0.2, 0) is 6.54 Å². The minimum atomic E-state index is -0.179. The van der Waals surface area contributed by atoms with Gasteiger partial charge in [-0.1, -0.05) is 66.7 Å². The number of hydrogen-bond acceptors (Lipinski definition) is 2. The van der Waals surface area contributed by atoms with Crippen LogP contribution in [0.3, 0.4) is 0 Å². The Hall–Kier alpha value is -3.60. The fourth-order valence-corrected chi connectivity index (χ4v) is 3.53. The maximum Gasteiger partial charge on any atom is 0.315 e. The Bertz CT molecular complexity index is 987. The number of aromatic nitrogens is 2. The van der Waals surface area contributed by atoms with E-state index < -0.39 is 0 Å². The molecule has 2 aromatic carbocycles. The molecule has 0 aliphatic carbocycles. The van der Waals surface area contributed by atoms with Crippen molar-refractivity contribution in [2.75, 3.05) is 6.54 Å². The van der Waals surface area contributed by atoms with Gasteiger partial charge in [0.05, 0.1) is 12.2 Å². The second-order valence-electron chi connectivity index (χ2n) is 6.97. The lowest BCUT2D eigenvalue weighted by Crippen LogP contribution is -2.36. The van der Waals surface area contributed by atoms with E-state index in [-0.39, 0.29) is 11.9 Å². The van der Waals surface area contributed by atoms with E-state index in [2.05, 4.69) is 64.1 Å². The number of rotatable bonds is 7. The molecular formula is C24H24N4O. The molecule has 0 saturated carbocycles. The summed E-state index contributed by atoms with van der Waals surface area (Å²) < 4.78 is 1.94. The predicted molar refractivity (Wildman–Crippen MR) is 115 cm³/mol. The summed E-state index contributed by atoms with van der Waals surface area (Å²) >= 11 is 0. The third-order valence-electron chi connectivity index (χ3n) is 4.97. The highest BCUT2D eigenvalue weighted by molar-refractivity contribution is 5.73. The molecular weight excluding hydrogens is 360 g/mol. The number of imidazole rings is 1. The van der Waals surface area contributed by atoms with Crippen LogP contribution in [0.5, 0.6) is 0 Å². The van der Waals surface area contributed by atoms with Gasteiger partial charge in [-0.15, -0.1) is 0 Å². The number of amides is 2. The number of hydrogen-bond donors (Lipinski definition) is 2. The number of benzene rings is 2. The fraction of sp³-hybridized carbons (Fsp3) is 0.167. The van der Waals surface area contributed by atoms with Crippen LogP contribution in [0.15, 0.2) is 91.3 Å². The first kappa shape index (κ1) is 18.7. The molecule has 29 heavy (non-hydrogen) atoms. The molecule has 4 rings (SSSR count). The van der Waals surface area contributed by atoms with Crippen LogP contribution in [0, 0.1) is 0 Å². The molecule has 0 atom stereocenters. The quantitative estimate of drug-likeness (QED) is 0.497. The summed E-state index contributed by atoms with van der Waals surface area (Å²) in [5.41, 5.74) is 4.22. The Morgan fingerprint density at radius 2 is 1.52 bits per heavy atom. The molecule has 2 amide bonds. The van der Waals surface area contributed by atoms with Crippen molar-refractivity contribution in [2.45, 2.75) is 18.9 Å². The van der Waals surface area contributed by atoms with Gasteiger partial charge in [-0.05, 0) is 29.7 Å². The molecule has 0 aliphatic rings. The van der Waals surface area contributed by atoms with Gasteiger partial charge in [0, 0.05) is 24.9 Å². The van der Waals surface area contributed by atoms with Crippen molar-refractivity contribution in [3.63, 3.8) is 0 Å². The first-order valence-corrected chi connectivity index (χ1v) is 9.84. The molecule has 2 N–H and O–H groups in total. The van der Waals surface area contributed by atoms with Crippen molar-refractivity contribution < 1.29 is 4.79 Å².